The van der Waals surface area contributed by atoms with E-state index in [0.717, 1.165) is 86.4 Å². The fourth-order valence-electron chi connectivity index (χ4n) is 9.22. The maximum absolute atomic E-state index is 13.9. The first-order valence-corrected chi connectivity index (χ1v) is 20.2. The molecule has 304 valence electrons. The summed E-state index contributed by atoms with van der Waals surface area (Å²) in [5.41, 5.74) is 6.11. The summed E-state index contributed by atoms with van der Waals surface area (Å²) in [7, 11) is 2.99. The number of alkyl carbamates (subject to hydrolysis) is 1. The third kappa shape index (κ3) is 6.80. The van der Waals surface area contributed by atoms with Crippen LogP contribution in [0.15, 0.2) is 48.7 Å². The van der Waals surface area contributed by atoms with E-state index in [9.17, 15) is 14.4 Å². The van der Waals surface area contributed by atoms with Crippen LogP contribution in [0.25, 0.3) is 44.2 Å². The Balaban J connectivity index is 0.973. The summed E-state index contributed by atoms with van der Waals surface area (Å²) in [5.74, 6) is 2.66. The first kappa shape index (κ1) is 37.9. The Bertz CT molecular complexity index is 2430. The van der Waals surface area contributed by atoms with Gasteiger partial charge in [0, 0.05) is 36.6 Å². The first-order valence-electron chi connectivity index (χ1n) is 20.2. The van der Waals surface area contributed by atoms with E-state index in [2.05, 4.69) is 51.7 Å². The lowest BCUT2D eigenvalue weighted by Gasteiger charge is -2.31. The van der Waals surface area contributed by atoms with Gasteiger partial charge in [0.15, 0.2) is 0 Å². The molecule has 0 spiro atoms. The van der Waals surface area contributed by atoms with Crippen LogP contribution in [0.1, 0.15) is 83.2 Å². The van der Waals surface area contributed by atoms with Crippen molar-refractivity contribution >= 4 is 39.9 Å². The fourth-order valence-corrected chi connectivity index (χ4v) is 9.22. The van der Waals surface area contributed by atoms with Crippen LogP contribution in [0.2, 0.25) is 0 Å². The summed E-state index contributed by atoms with van der Waals surface area (Å²) in [6.45, 7) is 11.0. The highest BCUT2D eigenvalue weighted by atomic mass is 16.6. The Hall–Kier alpha value is -5.63. The Labute approximate surface area is 337 Å². The van der Waals surface area contributed by atoms with E-state index in [1.54, 1.807) is 12.0 Å². The van der Waals surface area contributed by atoms with Crippen LogP contribution in [0.4, 0.5) is 9.59 Å². The molecule has 0 bridgehead atoms. The van der Waals surface area contributed by atoms with Crippen molar-refractivity contribution < 1.29 is 33.3 Å². The number of nitrogens with zero attached hydrogens (tertiary/aromatic N) is 4. The van der Waals surface area contributed by atoms with Crippen molar-refractivity contribution in [3.63, 3.8) is 0 Å². The average Bonchev–Trinajstić information content (AvgIpc) is 3.66. The molecule has 4 aliphatic rings. The van der Waals surface area contributed by atoms with Gasteiger partial charge in [-0.3, -0.25) is 9.69 Å². The van der Waals surface area contributed by atoms with Gasteiger partial charge >= 0.3 is 12.2 Å². The van der Waals surface area contributed by atoms with Crippen LogP contribution in [0, 0.1) is 17.8 Å². The van der Waals surface area contributed by atoms with E-state index < -0.39 is 17.7 Å². The number of aromatic nitrogens is 4. The monoisotopic (exact) mass is 789 g/mol. The zero-order chi connectivity index (χ0) is 40.6. The Kier molecular flexibility index (Phi) is 9.37. The van der Waals surface area contributed by atoms with Gasteiger partial charge in [0.2, 0.25) is 5.91 Å². The zero-order valence-electron chi connectivity index (χ0n) is 34.0. The number of piperidine rings is 1. The van der Waals surface area contributed by atoms with Crippen molar-refractivity contribution in [2.75, 3.05) is 27.4 Å². The van der Waals surface area contributed by atoms with E-state index in [0.29, 0.717) is 25.7 Å². The first-order chi connectivity index (χ1) is 27.8. The van der Waals surface area contributed by atoms with Crippen LogP contribution in [-0.4, -0.2) is 92.9 Å². The molecule has 0 unspecified atom stereocenters. The molecule has 2 saturated heterocycles. The minimum absolute atomic E-state index is 0.103. The number of H-pyrrole nitrogens is 2. The molecule has 58 heavy (non-hydrogen) atoms. The largest absolute Gasteiger partial charge is 0.488 e. The third-order valence-corrected chi connectivity index (χ3v) is 12.1. The number of amides is 3. The highest BCUT2D eigenvalue weighted by molar-refractivity contribution is 6.07. The van der Waals surface area contributed by atoms with Crippen molar-refractivity contribution in [2.24, 2.45) is 17.8 Å². The second kappa shape index (κ2) is 14.3. The zero-order valence-corrected chi connectivity index (χ0v) is 34.0. The smallest absolute Gasteiger partial charge is 0.410 e. The number of fused-ring (bicyclic) bond motifs is 7. The van der Waals surface area contributed by atoms with E-state index in [-0.39, 0.29) is 42.0 Å². The lowest BCUT2D eigenvalue weighted by atomic mass is 9.92. The van der Waals surface area contributed by atoms with Crippen LogP contribution >= 0.6 is 0 Å². The number of nitrogens with one attached hydrogen (secondary N) is 3. The van der Waals surface area contributed by atoms with E-state index in [1.807, 2.05) is 51.8 Å². The highest BCUT2D eigenvalue weighted by Crippen LogP contribution is 2.53. The summed E-state index contributed by atoms with van der Waals surface area (Å²) in [4.78, 5) is 60.0. The second-order valence-corrected chi connectivity index (χ2v) is 17.6. The molecule has 14 heteroatoms. The number of benzene rings is 3. The van der Waals surface area contributed by atoms with Crippen molar-refractivity contribution in [3.8, 4) is 28.1 Å². The second-order valence-electron chi connectivity index (χ2n) is 17.6. The standard InChI is InChI=1S/C44H51N7O7/c1-22(2)37(49-42(53)56-7)41(52)51-33-15-26(33)16-35(51)39-45-18-32(47-39)25-8-10-28-27(13-25)21-57-36-17-29-24(14-30(28)36)9-11-31-38(29)48-40(46-31)34-12-23(20-55-6)19-50(34)43(54)58-44(3,4)5/h8-11,13-14,17-18,22-23,26,33-35,37H,12,15-16,19-21H2,1-7H3,(H,45,47)(H,46,48)(H,49,53)/t23-,26+,33+,34-,35-,37-/m0/s1. The minimum Gasteiger partial charge on any atom is -0.488 e. The molecule has 6 atom stereocenters. The molecule has 1 aliphatic carbocycles. The molecule has 3 amide bonds. The maximum atomic E-state index is 13.9. The lowest BCUT2D eigenvalue weighted by molar-refractivity contribution is -0.136. The predicted octanol–water partition coefficient (Wildman–Crippen LogP) is 7.65. The van der Waals surface area contributed by atoms with Gasteiger partial charge in [-0.1, -0.05) is 32.0 Å². The van der Waals surface area contributed by atoms with Gasteiger partial charge in [-0.05, 0) is 98.2 Å². The highest BCUT2D eigenvalue weighted by Gasteiger charge is 2.56. The van der Waals surface area contributed by atoms with Crippen LogP contribution in [-0.2, 0) is 25.6 Å². The SMILES string of the molecule is COC[C@H]1C[C@@H](c2nc3c(ccc4cc5c(cc43)OCc3cc(-c4cnc([C@@H]6C[C@H]7C[C@H]7N6C(=O)[C@@H](NC(=O)OC)C(C)C)[nH]4)ccc3-5)[nH]2)N(C(=O)OC(C)(C)C)C1. The number of methoxy groups -OCH3 is 2. The Morgan fingerprint density at radius 3 is 2.57 bits per heavy atom. The van der Waals surface area contributed by atoms with Crippen LogP contribution in [0.3, 0.4) is 0 Å². The number of hydrogen-bond acceptors (Lipinski definition) is 9. The molecule has 3 aromatic carbocycles. The molecule has 3 fully saturated rings. The van der Waals surface area contributed by atoms with E-state index in [1.165, 1.54) is 7.11 Å². The molecule has 2 aromatic heterocycles. The predicted molar refractivity (Wildman–Crippen MR) is 217 cm³/mol. The molecule has 3 aliphatic heterocycles. The van der Waals surface area contributed by atoms with E-state index >= 15 is 0 Å². The minimum atomic E-state index is -0.685. The fraction of sp³-hybridized carbons (Fsp3) is 0.477. The van der Waals surface area contributed by atoms with Gasteiger partial charge in [0.05, 0.1) is 48.7 Å². The molecule has 1 saturated carbocycles. The number of rotatable bonds is 8. The van der Waals surface area contributed by atoms with Crippen molar-refractivity contribution in [1.82, 2.24) is 35.1 Å². The number of ether oxygens (including phenoxy) is 4. The molecule has 9 rings (SSSR count). The summed E-state index contributed by atoms with van der Waals surface area (Å²) >= 11 is 0. The molecular formula is C44H51N7O7. The molecular weight excluding hydrogens is 739 g/mol. The Morgan fingerprint density at radius 2 is 1.81 bits per heavy atom. The number of likely N-dealkylation sites (tertiary alicyclic amines) is 2. The van der Waals surface area contributed by atoms with Crippen molar-refractivity contribution in [1.29, 1.82) is 0 Å². The van der Waals surface area contributed by atoms with Crippen molar-refractivity contribution in [2.45, 2.75) is 90.3 Å². The van der Waals surface area contributed by atoms with Gasteiger partial charge in [0.25, 0.3) is 0 Å². The molecule has 14 nitrogen and oxygen atoms in total. The van der Waals surface area contributed by atoms with Gasteiger partial charge in [-0.25, -0.2) is 19.6 Å². The number of hydrogen-bond donors (Lipinski definition) is 3. The number of aromatic amines is 2. The lowest BCUT2D eigenvalue weighted by Crippen LogP contribution is -2.52. The molecule has 5 aromatic rings. The summed E-state index contributed by atoms with van der Waals surface area (Å²) in [6.07, 6.45) is 3.39. The van der Waals surface area contributed by atoms with Crippen molar-refractivity contribution in [3.05, 3.63) is 65.9 Å². The van der Waals surface area contributed by atoms with Gasteiger partial charge in [-0.15, -0.1) is 0 Å². The number of carbonyl (C=O) groups excluding carboxylic acids is 3. The third-order valence-electron chi connectivity index (χ3n) is 12.1. The Morgan fingerprint density at radius 1 is 0.983 bits per heavy atom. The summed E-state index contributed by atoms with van der Waals surface area (Å²) < 4.78 is 22.5. The number of carbonyl (C=O) groups is 3. The van der Waals surface area contributed by atoms with Crippen LogP contribution < -0.4 is 10.1 Å². The molecule has 5 heterocycles. The van der Waals surface area contributed by atoms with E-state index in [4.69, 9.17) is 28.9 Å². The van der Waals surface area contributed by atoms with Crippen LogP contribution in [0.5, 0.6) is 5.75 Å². The summed E-state index contributed by atoms with van der Waals surface area (Å²) in [5, 5.41) is 4.75. The normalized spacial score (nSPS) is 22.7. The van der Waals surface area contributed by atoms with Gasteiger partial charge in [0.1, 0.15) is 35.6 Å². The average molecular weight is 790 g/mol. The maximum Gasteiger partial charge on any atom is 0.410 e. The molecule has 0 radical (unpaired) electrons. The summed E-state index contributed by atoms with van der Waals surface area (Å²) in [6, 6.07) is 13.8. The number of imidazole rings is 2. The topological polar surface area (TPSA) is 164 Å². The van der Waals surface area contributed by atoms with Gasteiger partial charge in [-0.2, -0.15) is 0 Å². The molecule has 3 N–H and O–H groups in total. The quantitative estimate of drug-likeness (QED) is 0.143. The van der Waals surface area contributed by atoms with Gasteiger partial charge < -0.3 is 39.1 Å².